The van der Waals surface area contributed by atoms with Crippen LogP contribution in [0.1, 0.15) is 24.8 Å². The minimum atomic E-state index is -0.446. The lowest BCUT2D eigenvalue weighted by atomic mass is 10.2. The van der Waals surface area contributed by atoms with Crippen LogP contribution in [-0.2, 0) is 11.3 Å². The molecule has 0 saturated carbocycles. The van der Waals surface area contributed by atoms with Gasteiger partial charge in [-0.05, 0) is 18.9 Å². The maximum absolute atomic E-state index is 11.9. The number of nitrogens with zero attached hydrogens (tertiary/aromatic N) is 2. The van der Waals surface area contributed by atoms with Crippen LogP contribution in [0.3, 0.4) is 0 Å². The third-order valence-corrected chi connectivity index (χ3v) is 3.92. The number of carbonyl (C=O) groups is 1. The summed E-state index contributed by atoms with van der Waals surface area (Å²) in [5.74, 6) is 0.133. The Bertz CT molecular complexity index is 530. The van der Waals surface area contributed by atoms with Crippen LogP contribution in [0.25, 0.3) is 0 Å². The van der Waals surface area contributed by atoms with Crippen molar-refractivity contribution >= 4 is 23.2 Å². The summed E-state index contributed by atoms with van der Waals surface area (Å²) in [6.07, 6.45) is 2.55. The number of likely N-dealkylation sites (tertiary alicyclic amines) is 1. The molecule has 114 valence electrons. The molecule has 1 N–H and O–H groups in total. The number of hydrogen-bond acceptors (Lipinski definition) is 4. The highest BCUT2D eigenvalue weighted by Crippen LogP contribution is 2.25. The lowest BCUT2D eigenvalue weighted by molar-refractivity contribution is -0.385. The van der Waals surface area contributed by atoms with Gasteiger partial charge in [0.15, 0.2) is 0 Å². The van der Waals surface area contributed by atoms with Crippen LogP contribution in [0, 0.1) is 10.1 Å². The van der Waals surface area contributed by atoms with Gasteiger partial charge >= 0.3 is 0 Å². The van der Waals surface area contributed by atoms with E-state index in [0.717, 1.165) is 25.9 Å². The molecule has 1 fully saturated rings. The zero-order chi connectivity index (χ0) is 15.2. The molecule has 1 amide bonds. The molecule has 6 nitrogen and oxygen atoms in total. The summed E-state index contributed by atoms with van der Waals surface area (Å²) in [5.41, 5.74) is 0.457. The Kier molecular flexibility index (Phi) is 5.52. The van der Waals surface area contributed by atoms with E-state index in [1.165, 1.54) is 6.07 Å². The second-order valence-corrected chi connectivity index (χ2v) is 5.42. The molecule has 0 aromatic heterocycles. The zero-order valence-electron chi connectivity index (χ0n) is 11.7. The SMILES string of the molecule is O=C(CCNCc1c(Cl)cccc1[N+](=O)[O-])N1CCCC1. The molecule has 0 bridgehead atoms. The average molecular weight is 312 g/mol. The van der Waals surface area contributed by atoms with Gasteiger partial charge in [0.05, 0.1) is 15.5 Å². The van der Waals surface area contributed by atoms with Gasteiger partial charge in [-0.2, -0.15) is 0 Å². The molecule has 0 unspecified atom stereocenters. The molecule has 1 aliphatic heterocycles. The fraction of sp³-hybridized carbons (Fsp3) is 0.500. The van der Waals surface area contributed by atoms with E-state index in [-0.39, 0.29) is 18.1 Å². The predicted octanol–water partition coefficient (Wildman–Crippen LogP) is 2.35. The average Bonchev–Trinajstić information content (AvgIpc) is 2.98. The van der Waals surface area contributed by atoms with E-state index in [1.54, 1.807) is 12.1 Å². The third-order valence-electron chi connectivity index (χ3n) is 3.57. The highest BCUT2D eigenvalue weighted by atomic mass is 35.5. The molecular weight excluding hydrogens is 294 g/mol. The zero-order valence-corrected chi connectivity index (χ0v) is 12.4. The number of nitrogens with one attached hydrogen (secondary N) is 1. The van der Waals surface area contributed by atoms with Gasteiger partial charge < -0.3 is 10.2 Å². The lowest BCUT2D eigenvalue weighted by Crippen LogP contribution is -2.30. The van der Waals surface area contributed by atoms with E-state index in [1.807, 2.05) is 4.90 Å². The number of hydrogen-bond donors (Lipinski definition) is 1. The molecule has 1 aromatic carbocycles. The molecule has 21 heavy (non-hydrogen) atoms. The highest BCUT2D eigenvalue weighted by Gasteiger charge is 2.18. The number of benzene rings is 1. The van der Waals surface area contributed by atoms with Crippen molar-refractivity contribution < 1.29 is 9.72 Å². The molecule has 0 spiro atoms. The molecule has 0 radical (unpaired) electrons. The van der Waals surface area contributed by atoms with Gasteiger partial charge in [-0.3, -0.25) is 14.9 Å². The summed E-state index contributed by atoms with van der Waals surface area (Å²) in [4.78, 5) is 24.2. The quantitative estimate of drug-likeness (QED) is 0.497. The second kappa shape index (κ2) is 7.38. The molecule has 1 saturated heterocycles. The van der Waals surface area contributed by atoms with Gasteiger partial charge in [-0.1, -0.05) is 17.7 Å². The molecule has 7 heteroatoms. The summed E-state index contributed by atoms with van der Waals surface area (Å²) < 4.78 is 0. The van der Waals surface area contributed by atoms with Crippen LogP contribution in [0.15, 0.2) is 18.2 Å². The van der Waals surface area contributed by atoms with Crippen molar-refractivity contribution in [3.05, 3.63) is 38.9 Å². The number of nitro benzene ring substituents is 1. The summed E-state index contributed by atoms with van der Waals surface area (Å²) >= 11 is 6.00. The third kappa shape index (κ3) is 4.15. The van der Waals surface area contributed by atoms with Crippen molar-refractivity contribution in [3.63, 3.8) is 0 Å². The first kappa shape index (κ1) is 15.7. The molecule has 2 rings (SSSR count). The predicted molar refractivity (Wildman–Crippen MR) is 80.2 cm³/mol. The van der Waals surface area contributed by atoms with Crippen molar-refractivity contribution in [2.24, 2.45) is 0 Å². The van der Waals surface area contributed by atoms with Crippen molar-refractivity contribution in [1.29, 1.82) is 0 Å². The number of carbonyl (C=O) groups excluding carboxylic acids is 1. The van der Waals surface area contributed by atoms with Gasteiger partial charge in [0.2, 0.25) is 5.91 Å². The Morgan fingerprint density at radius 3 is 2.76 bits per heavy atom. The second-order valence-electron chi connectivity index (χ2n) is 5.01. The Morgan fingerprint density at radius 1 is 1.38 bits per heavy atom. The van der Waals surface area contributed by atoms with Crippen molar-refractivity contribution in [2.45, 2.75) is 25.8 Å². The summed E-state index contributed by atoms with van der Waals surface area (Å²) in [5, 5.41) is 14.4. The van der Waals surface area contributed by atoms with Gasteiger partial charge in [0.25, 0.3) is 5.69 Å². The number of halogens is 1. The van der Waals surface area contributed by atoms with Gasteiger partial charge in [-0.15, -0.1) is 0 Å². The summed E-state index contributed by atoms with van der Waals surface area (Å²) in [7, 11) is 0. The van der Waals surface area contributed by atoms with Crippen LogP contribution >= 0.6 is 11.6 Å². The maximum atomic E-state index is 11.9. The van der Waals surface area contributed by atoms with Gasteiger partial charge in [0, 0.05) is 38.7 Å². The van der Waals surface area contributed by atoms with E-state index < -0.39 is 4.92 Å². The highest BCUT2D eigenvalue weighted by molar-refractivity contribution is 6.31. The maximum Gasteiger partial charge on any atom is 0.275 e. The van der Waals surface area contributed by atoms with Crippen LogP contribution < -0.4 is 5.32 Å². The Hall–Kier alpha value is -1.66. The smallest absolute Gasteiger partial charge is 0.275 e. The summed E-state index contributed by atoms with van der Waals surface area (Å²) in [6.45, 7) is 2.45. The monoisotopic (exact) mass is 311 g/mol. The van der Waals surface area contributed by atoms with Crippen LogP contribution in [-0.4, -0.2) is 35.4 Å². The number of nitro groups is 1. The van der Waals surface area contributed by atoms with Crippen molar-refractivity contribution in [3.8, 4) is 0 Å². The van der Waals surface area contributed by atoms with E-state index >= 15 is 0 Å². The first-order valence-corrected chi connectivity index (χ1v) is 7.37. The van der Waals surface area contributed by atoms with Crippen LogP contribution in [0.5, 0.6) is 0 Å². The Labute approximate surface area is 128 Å². The van der Waals surface area contributed by atoms with Gasteiger partial charge in [-0.25, -0.2) is 0 Å². The minimum absolute atomic E-state index is 0.000805. The topological polar surface area (TPSA) is 75.5 Å². The molecule has 0 aliphatic carbocycles. The molecule has 1 aromatic rings. The van der Waals surface area contributed by atoms with E-state index in [2.05, 4.69) is 5.32 Å². The lowest BCUT2D eigenvalue weighted by Gasteiger charge is -2.15. The first-order valence-electron chi connectivity index (χ1n) is 7.00. The standard InChI is InChI=1S/C14H18ClN3O3/c15-12-4-3-5-13(18(20)21)11(12)10-16-7-6-14(19)17-8-1-2-9-17/h3-5,16H,1-2,6-10H2. The van der Waals surface area contributed by atoms with E-state index in [0.29, 0.717) is 23.6 Å². The van der Waals surface area contributed by atoms with E-state index in [9.17, 15) is 14.9 Å². The number of rotatable bonds is 6. The van der Waals surface area contributed by atoms with E-state index in [4.69, 9.17) is 11.6 Å². The van der Waals surface area contributed by atoms with Crippen molar-refractivity contribution in [2.75, 3.05) is 19.6 Å². The first-order chi connectivity index (χ1) is 10.1. The molecule has 0 atom stereocenters. The summed E-state index contributed by atoms with van der Waals surface area (Å²) in [6, 6.07) is 4.61. The largest absolute Gasteiger partial charge is 0.343 e. The van der Waals surface area contributed by atoms with Gasteiger partial charge in [0.1, 0.15) is 0 Å². The minimum Gasteiger partial charge on any atom is -0.343 e. The molecule has 1 heterocycles. The Balaban J connectivity index is 1.83. The fourth-order valence-electron chi connectivity index (χ4n) is 2.43. The molecular formula is C14H18ClN3O3. The van der Waals surface area contributed by atoms with Crippen molar-refractivity contribution in [1.82, 2.24) is 10.2 Å². The van der Waals surface area contributed by atoms with Crippen LogP contribution in [0.2, 0.25) is 5.02 Å². The molecule has 1 aliphatic rings. The Morgan fingerprint density at radius 2 is 2.10 bits per heavy atom. The number of amides is 1. The normalized spacial score (nSPS) is 14.4. The fourth-order valence-corrected chi connectivity index (χ4v) is 2.66. The van der Waals surface area contributed by atoms with Crippen LogP contribution in [0.4, 0.5) is 5.69 Å².